The summed E-state index contributed by atoms with van der Waals surface area (Å²) in [6.07, 6.45) is 6.07. The first-order valence-corrected chi connectivity index (χ1v) is 8.33. The third-order valence-corrected chi connectivity index (χ3v) is 5.05. The van der Waals surface area contributed by atoms with Crippen LogP contribution in [0, 0.1) is 11.8 Å². The van der Waals surface area contributed by atoms with Gasteiger partial charge in [-0.15, -0.1) is 11.3 Å². The van der Waals surface area contributed by atoms with Crippen LogP contribution < -0.4 is 10.6 Å². The summed E-state index contributed by atoms with van der Waals surface area (Å²) in [6.45, 7) is 2.90. The number of carboxylic acids is 1. The maximum Gasteiger partial charge on any atom is 0.338 e. The van der Waals surface area contributed by atoms with Crippen LogP contribution in [0.2, 0.25) is 0 Å². The quantitative estimate of drug-likeness (QED) is 0.774. The molecule has 1 fully saturated rings. The second kappa shape index (κ2) is 7.45. The van der Waals surface area contributed by atoms with Crippen LogP contribution >= 0.6 is 11.3 Å². The minimum atomic E-state index is -1.02. The molecule has 6 heteroatoms. The predicted molar refractivity (Wildman–Crippen MR) is 84.0 cm³/mol. The second-order valence-electron chi connectivity index (χ2n) is 5.60. The molecule has 116 valence electrons. The molecule has 3 N–H and O–H groups in total. The molecule has 1 aromatic rings. The van der Waals surface area contributed by atoms with Crippen molar-refractivity contribution in [2.24, 2.45) is 11.8 Å². The lowest BCUT2D eigenvalue weighted by Crippen LogP contribution is -2.34. The van der Waals surface area contributed by atoms with Crippen LogP contribution in [0.4, 0.5) is 9.80 Å². The van der Waals surface area contributed by atoms with Gasteiger partial charge in [-0.25, -0.2) is 9.59 Å². The number of hydrogen-bond acceptors (Lipinski definition) is 3. The summed E-state index contributed by atoms with van der Waals surface area (Å²) in [5, 5.41) is 16.5. The lowest BCUT2D eigenvalue weighted by Gasteiger charge is -2.27. The minimum Gasteiger partial charge on any atom is -0.478 e. The molecular formula is C15H22N2O3S. The van der Waals surface area contributed by atoms with Crippen molar-refractivity contribution in [2.45, 2.75) is 39.0 Å². The summed E-state index contributed by atoms with van der Waals surface area (Å²) < 4.78 is 0. The van der Waals surface area contributed by atoms with Gasteiger partial charge in [0, 0.05) is 6.54 Å². The molecule has 1 aliphatic rings. The number of thiophene rings is 1. The number of anilines is 1. The highest BCUT2D eigenvalue weighted by Crippen LogP contribution is 2.30. The van der Waals surface area contributed by atoms with Crippen molar-refractivity contribution in [1.82, 2.24) is 5.32 Å². The van der Waals surface area contributed by atoms with E-state index in [2.05, 4.69) is 17.6 Å². The standard InChI is InChI=1S/C15H22N2O3S/c1-2-10-3-5-11(6-4-10)9-16-15(20)17-13-12(14(18)19)7-8-21-13/h7-8,10-11H,2-6,9H2,1H3,(H,18,19)(H2,16,17,20). The lowest BCUT2D eigenvalue weighted by atomic mass is 9.81. The normalized spacial score (nSPS) is 21.8. The first-order chi connectivity index (χ1) is 10.1. The fraction of sp³-hybridized carbons (Fsp3) is 0.600. The molecule has 1 aromatic heterocycles. The van der Waals surface area contributed by atoms with E-state index in [0.29, 0.717) is 17.5 Å². The topological polar surface area (TPSA) is 78.4 Å². The van der Waals surface area contributed by atoms with Crippen LogP contribution in [-0.4, -0.2) is 23.7 Å². The summed E-state index contributed by atoms with van der Waals surface area (Å²) in [5.74, 6) is 0.365. The molecule has 0 bridgehead atoms. The molecule has 0 saturated heterocycles. The third kappa shape index (κ3) is 4.46. The minimum absolute atomic E-state index is 0.138. The Morgan fingerprint density at radius 2 is 1.95 bits per heavy atom. The molecule has 0 aromatic carbocycles. The molecule has 1 aliphatic carbocycles. The number of rotatable bonds is 5. The molecule has 0 unspecified atom stereocenters. The monoisotopic (exact) mass is 310 g/mol. The van der Waals surface area contributed by atoms with Gasteiger partial charge >= 0.3 is 12.0 Å². The number of hydrogen-bond donors (Lipinski definition) is 3. The van der Waals surface area contributed by atoms with Crippen LogP contribution in [-0.2, 0) is 0 Å². The summed E-state index contributed by atoms with van der Waals surface area (Å²) >= 11 is 1.22. The Labute approximate surface area is 128 Å². The van der Waals surface area contributed by atoms with E-state index in [1.807, 2.05) is 0 Å². The Morgan fingerprint density at radius 1 is 1.29 bits per heavy atom. The highest BCUT2D eigenvalue weighted by atomic mass is 32.1. The van der Waals surface area contributed by atoms with Gasteiger partial charge in [-0.05, 0) is 36.1 Å². The number of aromatic carboxylic acids is 1. The van der Waals surface area contributed by atoms with Crippen LogP contribution in [0.5, 0.6) is 0 Å². The molecule has 5 nitrogen and oxygen atoms in total. The number of amides is 2. The maximum atomic E-state index is 11.8. The van der Waals surface area contributed by atoms with Crippen molar-refractivity contribution >= 4 is 28.3 Å². The Balaban J connectivity index is 1.75. The zero-order chi connectivity index (χ0) is 15.2. The fourth-order valence-electron chi connectivity index (χ4n) is 2.80. The first kappa shape index (κ1) is 15.8. The Bertz CT molecular complexity index is 493. The van der Waals surface area contributed by atoms with Gasteiger partial charge in [0.05, 0.1) is 5.56 Å². The van der Waals surface area contributed by atoms with E-state index in [4.69, 9.17) is 5.11 Å². The van der Waals surface area contributed by atoms with Gasteiger partial charge in [-0.2, -0.15) is 0 Å². The molecule has 0 radical (unpaired) electrons. The highest BCUT2D eigenvalue weighted by molar-refractivity contribution is 7.14. The second-order valence-corrected chi connectivity index (χ2v) is 6.51. The first-order valence-electron chi connectivity index (χ1n) is 7.45. The number of nitrogens with one attached hydrogen (secondary N) is 2. The number of carbonyl (C=O) groups is 2. The van der Waals surface area contributed by atoms with E-state index in [-0.39, 0.29) is 11.6 Å². The van der Waals surface area contributed by atoms with Gasteiger partial charge in [0.15, 0.2) is 0 Å². The number of carbonyl (C=O) groups excluding carboxylic acids is 1. The van der Waals surface area contributed by atoms with Crippen molar-refractivity contribution in [2.75, 3.05) is 11.9 Å². The largest absolute Gasteiger partial charge is 0.478 e. The van der Waals surface area contributed by atoms with Gasteiger partial charge < -0.3 is 10.4 Å². The van der Waals surface area contributed by atoms with Gasteiger partial charge in [-0.3, -0.25) is 5.32 Å². The average Bonchev–Trinajstić information content (AvgIpc) is 2.94. The zero-order valence-electron chi connectivity index (χ0n) is 12.2. The zero-order valence-corrected chi connectivity index (χ0v) is 13.0. The number of carboxylic acid groups (broad SMARTS) is 1. The van der Waals surface area contributed by atoms with Crippen molar-refractivity contribution in [3.05, 3.63) is 17.0 Å². The highest BCUT2D eigenvalue weighted by Gasteiger charge is 2.20. The van der Waals surface area contributed by atoms with Crippen LogP contribution in [0.1, 0.15) is 49.4 Å². The smallest absolute Gasteiger partial charge is 0.338 e. The molecule has 2 rings (SSSR count). The van der Waals surface area contributed by atoms with Gasteiger partial charge in [0.1, 0.15) is 5.00 Å². The van der Waals surface area contributed by atoms with Gasteiger partial charge in [0.25, 0.3) is 0 Å². The van der Waals surface area contributed by atoms with E-state index in [1.165, 1.54) is 36.7 Å². The van der Waals surface area contributed by atoms with Crippen LogP contribution in [0.3, 0.4) is 0 Å². The molecule has 2 amide bonds. The Kier molecular flexibility index (Phi) is 5.61. The van der Waals surface area contributed by atoms with E-state index < -0.39 is 5.97 Å². The molecule has 1 saturated carbocycles. The maximum absolute atomic E-state index is 11.8. The summed E-state index contributed by atoms with van der Waals surface area (Å²) in [4.78, 5) is 22.8. The van der Waals surface area contributed by atoms with Gasteiger partial charge in [0.2, 0.25) is 0 Å². The number of urea groups is 1. The molecule has 0 spiro atoms. The van der Waals surface area contributed by atoms with Crippen molar-refractivity contribution in [3.63, 3.8) is 0 Å². The molecular weight excluding hydrogens is 288 g/mol. The molecule has 0 atom stereocenters. The van der Waals surface area contributed by atoms with Crippen LogP contribution in [0.15, 0.2) is 11.4 Å². The summed E-state index contributed by atoms with van der Waals surface area (Å²) in [5.41, 5.74) is 0.138. The summed E-state index contributed by atoms with van der Waals surface area (Å²) in [7, 11) is 0. The fourth-order valence-corrected chi connectivity index (χ4v) is 3.58. The molecule has 1 heterocycles. The SMILES string of the molecule is CCC1CCC(CNC(=O)Nc2sccc2C(=O)O)CC1. The Morgan fingerprint density at radius 3 is 2.57 bits per heavy atom. The lowest BCUT2D eigenvalue weighted by molar-refractivity contribution is 0.0698. The predicted octanol–water partition coefficient (Wildman–Crippen LogP) is 3.78. The van der Waals surface area contributed by atoms with Crippen molar-refractivity contribution < 1.29 is 14.7 Å². The molecule has 0 aliphatic heterocycles. The molecule has 21 heavy (non-hydrogen) atoms. The van der Waals surface area contributed by atoms with Crippen LogP contribution in [0.25, 0.3) is 0 Å². The van der Waals surface area contributed by atoms with E-state index >= 15 is 0 Å². The van der Waals surface area contributed by atoms with Crippen molar-refractivity contribution in [1.29, 1.82) is 0 Å². The summed E-state index contributed by atoms with van der Waals surface area (Å²) in [6, 6.07) is 1.17. The van der Waals surface area contributed by atoms with E-state index in [9.17, 15) is 9.59 Å². The third-order valence-electron chi connectivity index (χ3n) is 4.22. The van der Waals surface area contributed by atoms with Crippen molar-refractivity contribution in [3.8, 4) is 0 Å². The Hall–Kier alpha value is -1.56. The van der Waals surface area contributed by atoms with E-state index in [1.54, 1.807) is 5.38 Å². The van der Waals surface area contributed by atoms with Gasteiger partial charge in [-0.1, -0.05) is 26.2 Å². The average molecular weight is 310 g/mol. The van der Waals surface area contributed by atoms with E-state index in [0.717, 1.165) is 18.8 Å².